The number of aryl methyl sites for hydroxylation is 1. The summed E-state index contributed by atoms with van der Waals surface area (Å²) in [5, 5.41) is 0. The molecule has 0 bridgehead atoms. The van der Waals surface area contributed by atoms with Gasteiger partial charge in [-0.15, -0.1) is 0 Å². The van der Waals surface area contributed by atoms with Crippen LogP contribution in [0.2, 0.25) is 0 Å². The highest BCUT2D eigenvalue weighted by Gasteiger charge is 2.37. The number of hydrogen-bond acceptors (Lipinski definition) is 6. The number of carbonyl (C=O) groups is 1. The summed E-state index contributed by atoms with van der Waals surface area (Å²) < 4.78 is 59.4. The molecule has 0 radical (unpaired) electrons. The monoisotopic (exact) mass is 438 g/mol. The molecule has 1 fully saturated rings. The van der Waals surface area contributed by atoms with Gasteiger partial charge in [-0.2, -0.15) is 0 Å². The van der Waals surface area contributed by atoms with Gasteiger partial charge in [0.05, 0.1) is 23.7 Å². The molecule has 29 heavy (non-hydrogen) atoms. The van der Waals surface area contributed by atoms with Gasteiger partial charge in [0, 0.05) is 6.42 Å². The van der Waals surface area contributed by atoms with Crippen LogP contribution < -0.4 is 13.8 Å². The topological polar surface area (TPSA) is 110 Å². The van der Waals surface area contributed by atoms with Crippen molar-refractivity contribution in [2.24, 2.45) is 0 Å². The van der Waals surface area contributed by atoms with Crippen LogP contribution in [-0.2, 0) is 31.3 Å². The molecular formula is C19H22N2O6S2. The number of carbonyl (C=O) groups excluding carboxylic acids is 1. The Hall–Kier alpha value is -2.59. The summed E-state index contributed by atoms with van der Waals surface area (Å²) in [6.07, 6.45) is 0.483. The van der Waals surface area contributed by atoms with Gasteiger partial charge in [-0.3, -0.25) is 9.52 Å². The number of rotatable bonds is 7. The molecule has 1 amide bonds. The Morgan fingerprint density at radius 2 is 1.86 bits per heavy atom. The second-order valence-electron chi connectivity index (χ2n) is 6.40. The highest BCUT2D eigenvalue weighted by molar-refractivity contribution is 7.94. The van der Waals surface area contributed by atoms with E-state index >= 15 is 0 Å². The Bertz CT molecular complexity index is 1140. The van der Waals surface area contributed by atoms with Gasteiger partial charge in [0.1, 0.15) is 10.6 Å². The van der Waals surface area contributed by atoms with Crippen molar-refractivity contribution < 1.29 is 26.4 Å². The van der Waals surface area contributed by atoms with E-state index < -0.39 is 26.0 Å². The molecule has 0 unspecified atom stereocenters. The highest BCUT2D eigenvalue weighted by Crippen LogP contribution is 2.34. The second kappa shape index (κ2) is 8.03. The predicted octanol–water partition coefficient (Wildman–Crippen LogP) is 2.52. The fraction of sp³-hybridized carbons (Fsp3) is 0.316. The lowest BCUT2D eigenvalue weighted by molar-refractivity contribution is -0.116. The van der Waals surface area contributed by atoms with Gasteiger partial charge in [-0.25, -0.2) is 21.1 Å². The number of nitrogens with zero attached hydrogens (tertiary/aromatic N) is 1. The van der Waals surface area contributed by atoms with Crippen molar-refractivity contribution in [2.75, 3.05) is 21.4 Å². The summed E-state index contributed by atoms with van der Waals surface area (Å²) in [7, 11) is -7.93. The molecule has 0 spiro atoms. The summed E-state index contributed by atoms with van der Waals surface area (Å²) in [5.74, 6) is -0.827. The molecule has 1 saturated heterocycles. The minimum atomic E-state index is -4.11. The quantitative estimate of drug-likeness (QED) is 0.711. The average Bonchev–Trinajstić information content (AvgIpc) is 2.95. The summed E-state index contributed by atoms with van der Waals surface area (Å²) in [4.78, 5) is 11.8. The van der Waals surface area contributed by atoms with E-state index in [1.165, 1.54) is 12.1 Å². The van der Waals surface area contributed by atoms with Crippen LogP contribution >= 0.6 is 0 Å². The van der Waals surface area contributed by atoms with Gasteiger partial charge in [-0.05, 0) is 43.2 Å². The number of para-hydroxylation sites is 1. The number of amides is 1. The van der Waals surface area contributed by atoms with E-state index in [9.17, 15) is 21.6 Å². The molecule has 1 N–H and O–H groups in total. The van der Waals surface area contributed by atoms with E-state index in [1.54, 1.807) is 19.1 Å². The molecule has 1 aliphatic heterocycles. The standard InChI is InChI=1S/C19H22N2O6S2/c1-3-14-7-5-6-8-16(14)20-29(25,26)18-13-15(9-10-17(18)27-4-2)21-19(22)11-12-28(21,23)24/h5-10,13,20H,3-4,11-12H2,1-2H3. The average molecular weight is 439 g/mol. The normalized spacial score (nSPS) is 16.1. The van der Waals surface area contributed by atoms with Crippen molar-refractivity contribution in [3.63, 3.8) is 0 Å². The minimum Gasteiger partial charge on any atom is -0.492 e. The van der Waals surface area contributed by atoms with Crippen LogP contribution in [-0.4, -0.2) is 35.1 Å². The van der Waals surface area contributed by atoms with Gasteiger partial charge in [0.2, 0.25) is 15.9 Å². The van der Waals surface area contributed by atoms with Crippen molar-refractivity contribution >= 4 is 37.3 Å². The fourth-order valence-electron chi connectivity index (χ4n) is 3.10. The summed E-state index contributed by atoms with van der Waals surface area (Å²) in [5.41, 5.74) is 1.20. The lowest BCUT2D eigenvalue weighted by Crippen LogP contribution is -2.29. The molecule has 0 aromatic heterocycles. The molecule has 2 aromatic rings. The van der Waals surface area contributed by atoms with E-state index in [-0.39, 0.29) is 35.1 Å². The Morgan fingerprint density at radius 1 is 1.14 bits per heavy atom. The first kappa shape index (κ1) is 21.1. The second-order valence-corrected chi connectivity index (χ2v) is 9.99. The Labute approximate surface area is 170 Å². The molecule has 1 aliphatic rings. The van der Waals surface area contributed by atoms with E-state index in [2.05, 4.69) is 4.72 Å². The lowest BCUT2D eigenvalue weighted by atomic mass is 10.1. The number of ether oxygens (including phenoxy) is 1. The van der Waals surface area contributed by atoms with Gasteiger partial charge in [0.15, 0.2) is 0 Å². The third kappa shape index (κ3) is 4.23. The maximum absolute atomic E-state index is 13.1. The van der Waals surface area contributed by atoms with Crippen molar-refractivity contribution in [1.29, 1.82) is 0 Å². The maximum Gasteiger partial charge on any atom is 0.265 e. The molecule has 156 valence electrons. The number of sulfonamides is 2. The molecule has 1 heterocycles. The van der Waals surface area contributed by atoms with Gasteiger partial charge < -0.3 is 4.74 Å². The molecule has 0 atom stereocenters. The Kier molecular flexibility index (Phi) is 5.85. The fourth-order valence-corrected chi connectivity index (χ4v) is 5.82. The zero-order valence-electron chi connectivity index (χ0n) is 16.1. The van der Waals surface area contributed by atoms with Crippen LogP contribution in [0.1, 0.15) is 25.8 Å². The van der Waals surface area contributed by atoms with Crippen LogP contribution in [0, 0.1) is 0 Å². The van der Waals surface area contributed by atoms with Crippen molar-refractivity contribution in [2.45, 2.75) is 31.6 Å². The van der Waals surface area contributed by atoms with Crippen LogP contribution in [0.3, 0.4) is 0 Å². The Balaban J connectivity index is 2.09. The first-order valence-electron chi connectivity index (χ1n) is 9.13. The summed E-state index contributed by atoms with van der Waals surface area (Å²) >= 11 is 0. The largest absolute Gasteiger partial charge is 0.492 e. The predicted molar refractivity (Wildman–Crippen MR) is 110 cm³/mol. The van der Waals surface area contributed by atoms with E-state index in [4.69, 9.17) is 4.74 Å². The van der Waals surface area contributed by atoms with Crippen LogP contribution in [0.5, 0.6) is 5.75 Å². The Morgan fingerprint density at radius 3 is 2.48 bits per heavy atom. The smallest absolute Gasteiger partial charge is 0.265 e. The van der Waals surface area contributed by atoms with E-state index in [0.29, 0.717) is 16.4 Å². The van der Waals surface area contributed by atoms with Crippen molar-refractivity contribution in [3.8, 4) is 5.75 Å². The number of benzene rings is 2. The number of anilines is 2. The summed E-state index contributed by atoms with van der Waals surface area (Å²) in [6.45, 7) is 3.83. The third-order valence-electron chi connectivity index (χ3n) is 4.47. The van der Waals surface area contributed by atoms with Gasteiger partial charge in [0.25, 0.3) is 10.0 Å². The van der Waals surface area contributed by atoms with Gasteiger partial charge >= 0.3 is 0 Å². The van der Waals surface area contributed by atoms with Crippen LogP contribution in [0.4, 0.5) is 11.4 Å². The molecule has 2 aromatic carbocycles. The van der Waals surface area contributed by atoms with E-state index in [0.717, 1.165) is 11.6 Å². The summed E-state index contributed by atoms with van der Waals surface area (Å²) in [6, 6.07) is 10.9. The van der Waals surface area contributed by atoms with Crippen LogP contribution in [0.15, 0.2) is 47.4 Å². The zero-order chi connectivity index (χ0) is 21.2. The maximum atomic E-state index is 13.1. The van der Waals surface area contributed by atoms with Crippen molar-refractivity contribution in [1.82, 2.24) is 0 Å². The zero-order valence-corrected chi connectivity index (χ0v) is 17.7. The molecule has 0 aliphatic carbocycles. The van der Waals surface area contributed by atoms with Crippen LogP contribution in [0.25, 0.3) is 0 Å². The SMILES string of the molecule is CCOc1ccc(N2C(=O)CCS2(=O)=O)cc1S(=O)(=O)Nc1ccccc1CC. The molecule has 3 rings (SSSR count). The molecular weight excluding hydrogens is 416 g/mol. The van der Waals surface area contributed by atoms with Gasteiger partial charge in [-0.1, -0.05) is 25.1 Å². The van der Waals surface area contributed by atoms with E-state index in [1.807, 2.05) is 19.1 Å². The number of hydrogen-bond donors (Lipinski definition) is 1. The lowest BCUT2D eigenvalue weighted by Gasteiger charge is -2.19. The molecule has 10 heteroatoms. The highest BCUT2D eigenvalue weighted by atomic mass is 32.2. The van der Waals surface area contributed by atoms with Crippen molar-refractivity contribution in [3.05, 3.63) is 48.0 Å². The molecule has 8 nitrogen and oxygen atoms in total. The third-order valence-corrected chi connectivity index (χ3v) is 7.55. The first-order chi connectivity index (χ1) is 13.7. The number of nitrogens with one attached hydrogen (secondary N) is 1. The molecule has 0 saturated carbocycles. The first-order valence-corrected chi connectivity index (χ1v) is 12.2. The minimum absolute atomic E-state index is 0.0277.